The summed E-state index contributed by atoms with van der Waals surface area (Å²) >= 11 is 0. The van der Waals surface area contributed by atoms with Crippen molar-refractivity contribution in [1.82, 2.24) is 0 Å². The van der Waals surface area contributed by atoms with Gasteiger partial charge in [-0.15, -0.1) is 0 Å². The van der Waals surface area contributed by atoms with E-state index in [1.165, 1.54) is 24.8 Å². The van der Waals surface area contributed by atoms with E-state index in [9.17, 15) is 4.79 Å². The third-order valence-corrected chi connectivity index (χ3v) is 5.36. The molecule has 3 saturated carbocycles. The summed E-state index contributed by atoms with van der Waals surface area (Å²) in [5, 5.41) is 3.09. The first-order valence-corrected chi connectivity index (χ1v) is 7.11. The Kier molecular flexibility index (Phi) is 2.12. The van der Waals surface area contributed by atoms with Crippen LogP contribution in [0.25, 0.3) is 0 Å². The quantitative estimate of drug-likeness (QED) is 0.846. The number of hydrogen-bond donors (Lipinski definition) is 1. The Balaban J connectivity index is 1.45. The molecule has 2 heteroatoms. The fourth-order valence-electron chi connectivity index (χ4n) is 4.54. The molecule has 1 amide bonds. The van der Waals surface area contributed by atoms with Crippen molar-refractivity contribution in [3.05, 3.63) is 29.8 Å². The van der Waals surface area contributed by atoms with Gasteiger partial charge in [0.2, 0.25) is 5.91 Å². The maximum Gasteiger partial charge on any atom is 0.228 e. The number of rotatable bonds is 2. The lowest BCUT2D eigenvalue weighted by Crippen LogP contribution is -2.18. The van der Waals surface area contributed by atoms with Crippen molar-refractivity contribution in [3.8, 4) is 0 Å². The van der Waals surface area contributed by atoms with Crippen molar-refractivity contribution in [3.63, 3.8) is 0 Å². The van der Waals surface area contributed by atoms with Gasteiger partial charge in [0.15, 0.2) is 0 Å². The van der Waals surface area contributed by atoms with E-state index in [-0.39, 0.29) is 5.91 Å². The summed E-state index contributed by atoms with van der Waals surface area (Å²) in [6, 6.07) is 8.10. The van der Waals surface area contributed by atoms with Gasteiger partial charge in [-0.1, -0.05) is 17.7 Å². The van der Waals surface area contributed by atoms with Gasteiger partial charge in [0, 0.05) is 11.6 Å². The summed E-state index contributed by atoms with van der Waals surface area (Å²) in [7, 11) is 0. The smallest absolute Gasteiger partial charge is 0.228 e. The molecule has 3 aliphatic rings. The van der Waals surface area contributed by atoms with Crippen molar-refractivity contribution in [2.24, 2.45) is 29.6 Å². The maximum atomic E-state index is 12.3. The zero-order valence-electron chi connectivity index (χ0n) is 10.7. The van der Waals surface area contributed by atoms with Gasteiger partial charge in [-0.2, -0.15) is 0 Å². The van der Waals surface area contributed by atoms with E-state index in [0.717, 1.165) is 29.4 Å². The van der Waals surface area contributed by atoms with Crippen molar-refractivity contribution in [2.75, 3.05) is 5.32 Å². The summed E-state index contributed by atoms with van der Waals surface area (Å²) in [4.78, 5) is 12.3. The van der Waals surface area contributed by atoms with Crippen LogP contribution in [0.2, 0.25) is 0 Å². The number of carbonyl (C=O) groups excluding carboxylic acids is 1. The summed E-state index contributed by atoms with van der Waals surface area (Å²) in [6.07, 6.45) is 4.16. The van der Waals surface area contributed by atoms with Gasteiger partial charge in [-0.3, -0.25) is 4.79 Å². The monoisotopic (exact) mass is 241 g/mol. The normalized spacial score (nSPS) is 39.5. The van der Waals surface area contributed by atoms with Gasteiger partial charge >= 0.3 is 0 Å². The highest BCUT2D eigenvalue weighted by Crippen LogP contribution is 2.69. The summed E-state index contributed by atoms with van der Waals surface area (Å²) in [5.41, 5.74) is 2.18. The van der Waals surface area contributed by atoms with Crippen LogP contribution in [0.3, 0.4) is 0 Å². The van der Waals surface area contributed by atoms with E-state index in [4.69, 9.17) is 0 Å². The molecule has 2 nitrogen and oxygen atoms in total. The molecule has 1 aromatic rings. The second-order valence-electron chi connectivity index (χ2n) is 6.37. The molecule has 1 N–H and O–H groups in total. The SMILES string of the molecule is Cc1ccc(NC(=O)C2[C@H]3[C@H]4CC[C@@H](C4)[C@H]23)cc1. The van der Waals surface area contributed by atoms with Gasteiger partial charge in [-0.25, -0.2) is 0 Å². The summed E-state index contributed by atoms with van der Waals surface area (Å²) in [5.74, 6) is 3.80. The lowest BCUT2D eigenvalue weighted by molar-refractivity contribution is -0.118. The highest BCUT2D eigenvalue weighted by Gasteiger charge is 2.67. The molecule has 0 aromatic heterocycles. The van der Waals surface area contributed by atoms with Crippen LogP contribution in [-0.2, 0) is 4.79 Å². The topological polar surface area (TPSA) is 29.1 Å². The number of nitrogens with one attached hydrogen (secondary N) is 1. The third-order valence-electron chi connectivity index (χ3n) is 5.36. The molecular weight excluding hydrogens is 222 g/mol. The molecule has 3 fully saturated rings. The minimum atomic E-state index is 0.269. The molecule has 0 spiro atoms. The predicted octanol–water partition coefficient (Wildman–Crippen LogP) is 3.23. The third kappa shape index (κ3) is 1.44. The number of fused-ring (bicyclic) bond motifs is 5. The number of aryl methyl sites for hydroxylation is 1. The lowest BCUT2D eigenvalue weighted by Gasteiger charge is -2.09. The molecule has 0 saturated heterocycles. The number of anilines is 1. The van der Waals surface area contributed by atoms with E-state index < -0.39 is 0 Å². The first kappa shape index (κ1) is 10.6. The van der Waals surface area contributed by atoms with E-state index >= 15 is 0 Å². The molecule has 4 rings (SSSR count). The number of hydrogen-bond acceptors (Lipinski definition) is 1. The predicted molar refractivity (Wildman–Crippen MR) is 71.1 cm³/mol. The molecule has 3 aliphatic carbocycles. The molecule has 0 aliphatic heterocycles. The Morgan fingerprint density at radius 2 is 1.72 bits per heavy atom. The Morgan fingerprint density at radius 3 is 2.33 bits per heavy atom. The number of amides is 1. The molecule has 18 heavy (non-hydrogen) atoms. The first-order valence-electron chi connectivity index (χ1n) is 7.11. The van der Waals surface area contributed by atoms with Crippen LogP contribution in [0.1, 0.15) is 24.8 Å². The van der Waals surface area contributed by atoms with Gasteiger partial charge < -0.3 is 5.32 Å². The average Bonchev–Trinajstić information content (AvgIpc) is 2.82. The lowest BCUT2D eigenvalue weighted by atomic mass is 10.0. The Bertz CT molecular complexity index is 476. The zero-order chi connectivity index (χ0) is 12.3. The summed E-state index contributed by atoms with van der Waals surface area (Å²) in [6.45, 7) is 2.06. The minimum absolute atomic E-state index is 0.269. The average molecular weight is 241 g/mol. The van der Waals surface area contributed by atoms with Crippen LogP contribution < -0.4 is 5.32 Å². The van der Waals surface area contributed by atoms with Crippen LogP contribution in [-0.4, -0.2) is 5.91 Å². The molecule has 0 heterocycles. The molecule has 2 bridgehead atoms. The van der Waals surface area contributed by atoms with Crippen LogP contribution in [0.5, 0.6) is 0 Å². The van der Waals surface area contributed by atoms with Crippen molar-refractivity contribution in [1.29, 1.82) is 0 Å². The van der Waals surface area contributed by atoms with E-state index in [0.29, 0.717) is 5.92 Å². The highest BCUT2D eigenvalue weighted by atomic mass is 16.2. The number of benzene rings is 1. The minimum Gasteiger partial charge on any atom is -0.326 e. The maximum absolute atomic E-state index is 12.3. The van der Waals surface area contributed by atoms with Crippen LogP contribution in [0, 0.1) is 36.5 Å². The van der Waals surface area contributed by atoms with Crippen LogP contribution in [0.4, 0.5) is 5.69 Å². The summed E-state index contributed by atoms with van der Waals surface area (Å²) < 4.78 is 0. The van der Waals surface area contributed by atoms with Gasteiger partial charge in [0.1, 0.15) is 0 Å². The molecule has 94 valence electrons. The first-order chi connectivity index (χ1) is 8.74. The second-order valence-corrected chi connectivity index (χ2v) is 6.37. The van der Waals surface area contributed by atoms with E-state index in [1.54, 1.807) is 0 Å². The van der Waals surface area contributed by atoms with E-state index in [2.05, 4.69) is 12.2 Å². The van der Waals surface area contributed by atoms with Gasteiger partial charge in [-0.05, 0) is 62.0 Å². The van der Waals surface area contributed by atoms with Crippen LogP contribution in [0.15, 0.2) is 24.3 Å². The van der Waals surface area contributed by atoms with E-state index in [1.807, 2.05) is 24.3 Å². The molecule has 0 radical (unpaired) electrons. The molecule has 4 atom stereocenters. The van der Waals surface area contributed by atoms with Gasteiger partial charge in [0.05, 0.1) is 0 Å². The highest BCUT2D eigenvalue weighted by molar-refractivity contribution is 5.95. The fourth-order valence-corrected chi connectivity index (χ4v) is 4.54. The number of carbonyl (C=O) groups is 1. The van der Waals surface area contributed by atoms with Crippen molar-refractivity contribution >= 4 is 11.6 Å². The molecule has 0 unspecified atom stereocenters. The van der Waals surface area contributed by atoms with Crippen molar-refractivity contribution in [2.45, 2.75) is 26.2 Å². The van der Waals surface area contributed by atoms with Crippen LogP contribution >= 0.6 is 0 Å². The standard InChI is InChI=1S/C16H19NO/c1-9-2-6-12(7-3-9)17-16(18)15-13-10-4-5-11(8-10)14(13)15/h2-3,6-7,10-11,13-15H,4-5,8H2,1H3,(H,17,18)/t10-,11-,13-,14-/m0/s1. The molecular formula is C16H19NO. The van der Waals surface area contributed by atoms with Gasteiger partial charge in [0.25, 0.3) is 0 Å². The Morgan fingerprint density at radius 1 is 1.11 bits per heavy atom. The second kappa shape index (κ2) is 3.59. The zero-order valence-corrected chi connectivity index (χ0v) is 10.7. The Labute approximate surface area is 108 Å². The fraction of sp³-hybridized carbons (Fsp3) is 0.562. The Hall–Kier alpha value is -1.31. The van der Waals surface area contributed by atoms with Crippen molar-refractivity contribution < 1.29 is 4.79 Å². The molecule has 1 aromatic carbocycles. The largest absolute Gasteiger partial charge is 0.326 e.